The third-order valence-corrected chi connectivity index (χ3v) is 4.76. The van der Waals surface area contributed by atoms with E-state index >= 15 is 0 Å². The summed E-state index contributed by atoms with van der Waals surface area (Å²) < 4.78 is 11.0. The molecule has 0 radical (unpaired) electrons. The number of morpholine rings is 1. The standard InChI is InChI=1S/C17H25N3O3/c21-16(15-2-1-5-18-12-15)19-13-17(3-8-22-9-4-17)14-20-6-10-23-11-7-20/h1-2,5,12H,3-4,6-11,13-14H2,(H,19,21). The predicted octanol–water partition coefficient (Wildman–Crippen LogP) is 0.940. The lowest BCUT2D eigenvalue weighted by Gasteiger charge is -2.42. The van der Waals surface area contributed by atoms with Gasteiger partial charge < -0.3 is 14.8 Å². The van der Waals surface area contributed by atoms with Crippen molar-refractivity contribution in [3.05, 3.63) is 30.1 Å². The molecule has 6 nitrogen and oxygen atoms in total. The minimum Gasteiger partial charge on any atom is -0.381 e. The van der Waals surface area contributed by atoms with Crippen molar-refractivity contribution in [2.75, 3.05) is 52.6 Å². The van der Waals surface area contributed by atoms with Crippen molar-refractivity contribution in [3.63, 3.8) is 0 Å². The van der Waals surface area contributed by atoms with Gasteiger partial charge in [-0.05, 0) is 25.0 Å². The molecule has 2 fully saturated rings. The van der Waals surface area contributed by atoms with Crippen molar-refractivity contribution >= 4 is 5.91 Å². The molecule has 0 atom stereocenters. The summed E-state index contributed by atoms with van der Waals surface area (Å²) in [7, 11) is 0. The number of hydrogen-bond donors (Lipinski definition) is 1. The number of rotatable bonds is 5. The summed E-state index contributed by atoms with van der Waals surface area (Å²) in [5.41, 5.74) is 0.703. The number of nitrogens with zero attached hydrogens (tertiary/aromatic N) is 2. The van der Waals surface area contributed by atoms with Crippen molar-refractivity contribution in [2.45, 2.75) is 12.8 Å². The van der Waals surface area contributed by atoms with Gasteiger partial charge in [-0.2, -0.15) is 0 Å². The van der Waals surface area contributed by atoms with E-state index in [1.807, 2.05) is 0 Å². The van der Waals surface area contributed by atoms with E-state index in [1.165, 1.54) is 0 Å². The second kappa shape index (κ2) is 7.86. The van der Waals surface area contributed by atoms with Crippen LogP contribution in [0.25, 0.3) is 0 Å². The van der Waals surface area contributed by atoms with Crippen molar-refractivity contribution in [1.29, 1.82) is 0 Å². The topological polar surface area (TPSA) is 63.7 Å². The van der Waals surface area contributed by atoms with Gasteiger partial charge in [0.2, 0.25) is 0 Å². The maximum Gasteiger partial charge on any atom is 0.252 e. The quantitative estimate of drug-likeness (QED) is 0.875. The first-order valence-corrected chi connectivity index (χ1v) is 8.34. The van der Waals surface area contributed by atoms with Crippen LogP contribution in [0.4, 0.5) is 0 Å². The molecule has 1 aromatic rings. The average molecular weight is 319 g/mol. The fourth-order valence-corrected chi connectivity index (χ4v) is 3.30. The van der Waals surface area contributed by atoms with Crippen molar-refractivity contribution in [1.82, 2.24) is 15.2 Å². The number of carbonyl (C=O) groups is 1. The molecule has 3 heterocycles. The Morgan fingerprint density at radius 2 is 1.96 bits per heavy atom. The van der Waals surface area contributed by atoms with E-state index < -0.39 is 0 Å². The zero-order chi connectivity index (χ0) is 16.0. The number of aromatic nitrogens is 1. The van der Waals surface area contributed by atoms with Gasteiger partial charge in [-0.15, -0.1) is 0 Å². The molecule has 2 aliphatic heterocycles. The largest absolute Gasteiger partial charge is 0.381 e. The molecule has 0 saturated carbocycles. The van der Waals surface area contributed by atoms with Gasteiger partial charge in [-0.1, -0.05) is 0 Å². The van der Waals surface area contributed by atoms with Crippen LogP contribution in [-0.4, -0.2) is 68.4 Å². The minimum absolute atomic E-state index is 0.0501. The molecule has 1 amide bonds. The smallest absolute Gasteiger partial charge is 0.252 e. The van der Waals surface area contributed by atoms with Crippen molar-refractivity contribution < 1.29 is 14.3 Å². The summed E-state index contributed by atoms with van der Waals surface area (Å²) in [6.45, 7) is 6.76. The average Bonchev–Trinajstić information content (AvgIpc) is 2.62. The molecule has 0 spiro atoms. The van der Waals surface area contributed by atoms with Gasteiger partial charge in [0, 0.05) is 57.2 Å². The monoisotopic (exact) mass is 319 g/mol. The molecule has 0 aromatic carbocycles. The number of hydrogen-bond acceptors (Lipinski definition) is 5. The Balaban J connectivity index is 1.60. The summed E-state index contributed by atoms with van der Waals surface area (Å²) in [4.78, 5) is 18.8. The van der Waals surface area contributed by atoms with Gasteiger partial charge in [0.05, 0.1) is 18.8 Å². The molecule has 0 aliphatic carbocycles. The van der Waals surface area contributed by atoms with E-state index in [9.17, 15) is 4.79 Å². The highest BCUT2D eigenvalue weighted by Crippen LogP contribution is 2.31. The van der Waals surface area contributed by atoms with Gasteiger partial charge in [0.25, 0.3) is 5.91 Å². The van der Waals surface area contributed by atoms with E-state index in [0.717, 1.165) is 58.9 Å². The first-order chi connectivity index (χ1) is 11.3. The van der Waals surface area contributed by atoms with Gasteiger partial charge >= 0.3 is 0 Å². The van der Waals surface area contributed by atoms with Gasteiger partial charge in [-0.3, -0.25) is 14.7 Å². The van der Waals surface area contributed by atoms with E-state index in [-0.39, 0.29) is 11.3 Å². The van der Waals surface area contributed by atoms with Crippen molar-refractivity contribution in [3.8, 4) is 0 Å². The number of amides is 1. The molecule has 23 heavy (non-hydrogen) atoms. The van der Waals surface area contributed by atoms with Crippen LogP contribution < -0.4 is 5.32 Å². The third kappa shape index (κ3) is 4.50. The molecule has 2 aliphatic rings. The Kier molecular flexibility index (Phi) is 5.59. The van der Waals surface area contributed by atoms with Crippen LogP contribution in [0.5, 0.6) is 0 Å². The lowest BCUT2D eigenvalue weighted by Crippen LogP contribution is -2.50. The number of nitrogens with one attached hydrogen (secondary N) is 1. The maximum atomic E-state index is 12.3. The molecular weight excluding hydrogens is 294 g/mol. The second-order valence-electron chi connectivity index (χ2n) is 6.43. The first kappa shape index (κ1) is 16.4. The summed E-state index contributed by atoms with van der Waals surface area (Å²) >= 11 is 0. The molecular formula is C17H25N3O3. The summed E-state index contributed by atoms with van der Waals surface area (Å²) in [5.74, 6) is -0.0501. The van der Waals surface area contributed by atoms with E-state index in [4.69, 9.17) is 9.47 Å². The highest BCUT2D eigenvalue weighted by atomic mass is 16.5. The lowest BCUT2D eigenvalue weighted by atomic mass is 9.79. The first-order valence-electron chi connectivity index (χ1n) is 8.34. The molecule has 1 N–H and O–H groups in total. The predicted molar refractivity (Wildman–Crippen MR) is 86.3 cm³/mol. The Morgan fingerprint density at radius 1 is 1.22 bits per heavy atom. The lowest BCUT2D eigenvalue weighted by molar-refractivity contribution is -0.0283. The van der Waals surface area contributed by atoms with E-state index in [1.54, 1.807) is 24.5 Å². The number of pyridine rings is 1. The second-order valence-corrected chi connectivity index (χ2v) is 6.43. The Hall–Kier alpha value is -1.50. The van der Waals surface area contributed by atoms with Crippen LogP contribution in [0.1, 0.15) is 23.2 Å². The third-order valence-electron chi connectivity index (χ3n) is 4.76. The van der Waals surface area contributed by atoms with Gasteiger partial charge in [-0.25, -0.2) is 0 Å². The fourth-order valence-electron chi connectivity index (χ4n) is 3.30. The van der Waals surface area contributed by atoms with Crippen LogP contribution in [0.15, 0.2) is 24.5 Å². The molecule has 1 aromatic heterocycles. The molecule has 0 bridgehead atoms. The highest BCUT2D eigenvalue weighted by molar-refractivity contribution is 5.93. The van der Waals surface area contributed by atoms with Crippen LogP contribution in [0.2, 0.25) is 0 Å². The summed E-state index contributed by atoms with van der Waals surface area (Å²) in [5, 5.41) is 3.11. The van der Waals surface area contributed by atoms with Crippen LogP contribution in [0.3, 0.4) is 0 Å². The Bertz CT molecular complexity index is 497. The summed E-state index contributed by atoms with van der Waals surface area (Å²) in [6, 6.07) is 3.58. The molecule has 3 rings (SSSR count). The fraction of sp³-hybridized carbons (Fsp3) is 0.647. The SMILES string of the molecule is O=C(NCC1(CN2CCOCC2)CCOCC1)c1cccnc1. The maximum absolute atomic E-state index is 12.3. The van der Waals surface area contributed by atoms with Crippen LogP contribution in [0, 0.1) is 5.41 Å². The molecule has 0 unspecified atom stereocenters. The molecule has 2 saturated heterocycles. The van der Waals surface area contributed by atoms with Gasteiger partial charge in [0.15, 0.2) is 0 Å². The van der Waals surface area contributed by atoms with E-state index in [0.29, 0.717) is 12.1 Å². The number of carbonyl (C=O) groups excluding carboxylic acids is 1. The Morgan fingerprint density at radius 3 is 2.65 bits per heavy atom. The molecule has 6 heteroatoms. The zero-order valence-electron chi connectivity index (χ0n) is 13.5. The highest BCUT2D eigenvalue weighted by Gasteiger charge is 2.35. The van der Waals surface area contributed by atoms with E-state index in [2.05, 4.69) is 15.2 Å². The zero-order valence-corrected chi connectivity index (χ0v) is 13.5. The molecule has 126 valence electrons. The minimum atomic E-state index is -0.0501. The van der Waals surface area contributed by atoms with Gasteiger partial charge in [0.1, 0.15) is 0 Å². The van der Waals surface area contributed by atoms with Crippen LogP contribution in [-0.2, 0) is 9.47 Å². The summed E-state index contributed by atoms with van der Waals surface area (Å²) in [6.07, 6.45) is 5.25. The Labute approximate surface area is 137 Å². The van der Waals surface area contributed by atoms with Crippen molar-refractivity contribution in [2.24, 2.45) is 5.41 Å². The normalized spacial score (nSPS) is 21.7. The van der Waals surface area contributed by atoms with Crippen LogP contribution >= 0.6 is 0 Å². The number of ether oxygens (including phenoxy) is 2.